The SMILES string of the molecule is Cc1cccc(C)c1NC(=O)c1cccn(Cc2ccc(Cl)cc2)c1=O. The smallest absolute Gasteiger partial charge is 0.263 e. The Bertz CT molecular complexity index is 987. The number of anilines is 1. The minimum absolute atomic E-state index is 0.115. The van der Waals surface area contributed by atoms with Gasteiger partial charge in [-0.25, -0.2) is 0 Å². The molecule has 1 amide bonds. The first-order valence-corrected chi connectivity index (χ1v) is 8.65. The van der Waals surface area contributed by atoms with E-state index in [1.807, 2.05) is 44.2 Å². The monoisotopic (exact) mass is 366 g/mol. The number of rotatable bonds is 4. The second kappa shape index (κ2) is 7.58. The van der Waals surface area contributed by atoms with Gasteiger partial charge in [0.15, 0.2) is 0 Å². The molecule has 0 spiro atoms. The van der Waals surface area contributed by atoms with Crippen molar-refractivity contribution in [3.63, 3.8) is 0 Å². The molecule has 1 heterocycles. The van der Waals surface area contributed by atoms with Gasteiger partial charge in [0.1, 0.15) is 5.56 Å². The zero-order valence-corrected chi connectivity index (χ0v) is 15.4. The predicted molar refractivity (Wildman–Crippen MR) is 105 cm³/mol. The van der Waals surface area contributed by atoms with Crippen molar-refractivity contribution >= 4 is 23.2 Å². The molecule has 0 aliphatic rings. The predicted octanol–water partition coefficient (Wildman–Crippen LogP) is 4.42. The summed E-state index contributed by atoms with van der Waals surface area (Å²) in [4.78, 5) is 25.4. The van der Waals surface area contributed by atoms with Gasteiger partial charge in [0.2, 0.25) is 0 Å². The number of para-hydroxylation sites is 1. The van der Waals surface area contributed by atoms with Crippen LogP contribution in [0.1, 0.15) is 27.0 Å². The zero-order chi connectivity index (χ0) is 18.7. The van der Waals surface area contributed by atoms with Gasteiger partial charge in [-0.1, -0.05) is 41.9 Å². The van der Waals surface area contributed by atoms with Crippen LogP contribution in [0.2, 0.25) is 5.02 Å². The molecule has 3 aromatic rings. The van der Waals surface area contributed by atoms with Crippen LogP contribution in [0.5, 0.6) is 0 Å². The molecule has 0 saturated carbocycles. The molecule has 0 aliphatic heterocycles. The van der Waals surface area contributed by atoms with Gasteiger partial charge in [0, 0.05) is 16.9 Å². The number of aryl methyl sites for hydroxylation is 2. The molecule has 0 radical (unpaired) electrons. The van der Waals surface area contributed by atoms with Crippen LogP contribution in [0.4, 0.5) is 5.69 Å². The standard InChI is InChI=1S/C21H19ClN2O2/c1-14-5-3-6-15(2)19(14)23-20(25)18-7-4-12-24(21(18)26)13-16-8-10-17(22)11-9-16/h3-12H,13H2,1-2H3,(H,23,25). The van der Waals surface area contributed by atoms with Crippen molar-refractivity contribution in [2.75, 3.05) is 5.32 Å². The first kappa shape index (κ1) is 18.0. The van der Waals surface area contributed by atoms with Crippen LogP contribution >= 0.6 is 11.6 Å². The largest absolute Gasteiger partial charge is 0.321 e. The number of nitrogens with one attached hydrogen (secondary N) is 1. The van der Waals surface area contributed by atoms with E-state index in [1.165, 1.54) is 4.57 Å². The fourth-order valence-electron chi connectivity index (χ4n) is 2.81. The summed E-state index contributed by atoms with van der Waals surface area (Å²) >= 11 is 5.89. The van der Waals surface area contributed by atoms with Crippen molar-refractivity contribution < 1.29 is 4.79 Å². The van der Waals surface area contributed by atoms with Crippen molar-refractivity contribution in [2.24, 2.45) is 0 Å². The third-order valence-corrected chi connectivity index (χ3v) is 4.50. The fraction of sp³-hybridized carbons (Fsp3) is 0.143. The normalized spacial score (nSPS) is 10.6. The lowest BCUT2D eigenvalue weighted by molar-refractivity contribution is 0.102. The Hall–Kier alpha value is -2.85. The van der Waals surface area contributed by atoms with E-state index in [2.05, 4.69) is 5.32 Å². The van der Waals surface area contributed by atoms with Gasteiger partial charge in [0.05, 0.1) is 6.54 Å². The first-order chi connectivity index (χ1) is 12.5. The molecule has 0 saturated heterocycles. The van der Waals surface area contributed by atoms with Gasteiger partial charge >= 0.3 is 0 Å². The summed E-state index contributed by atoms with van der Waals surface area (Å²) < 4.78 is 1.52. The molecule has 26 heavy (non-hydrogen) atoms. The quantitative estimate of drug-likeness (QED) is 0.743. The number of pyridine rings is 1. The Morgan fingerprint density at radius 2 is 1.65 bits per heavy atom. The Morgan fingerprint density at radius 1 is 1.00 bits per heavy atom. The Morgan fingerprint density at radius 3 is 2.31 bits per heavy atom. The number of carbonyl (C=O) groups is 1. The summed E-state index contributed by atoms with van der Waals surface area (Å²) in [5, 5.41) is 3.51. The van der Waals surface area contributed by atoms with Crippen LogP contribution in [0, 0.1) is 13.8 Å². The van der Waals surface area contributed by atoms with E-state index in [0.29, 0.717) is 11.6 Å². The summed E-state index contributed by atoms with van der Waals surface area (Å²) in [6, 6.07) is 16.3. The molecule has 0 bridgehead atoms. The summed E-state index contributed by atoms with van der Waals surface area (Å²) in [6.45, 7) is 4.22. The average molecular weight is 367 g/mol. The minimum atomic E-state index is -0.405. The van der Waals surface area contributed by atoms with E-state index in [9.17, 15) is 9.59 Å². The van der Waals surface area contributed by atoms with Crippen LogP contribution in [0.3, 0.4) is 0 Å². The minimum Gasteiger partial charge on any atom is -0.321 e. The lowest BCUT2D eigenvalue weighted by Gasteiger charge is -2.12. The molecule has 0 aliphatic carbocycles. The van der Waals surface area contributed by atoms with Gasteiger partial charge in [-0.2, -0.15) is 0 Å². The van der Waals surface area contributed by atoms with Crippen LogP contribution in [0.25, 0.3) is 0 Å². The highest BCUT2D eigenvalue weighted by Gasteiger charge is 2.14. The maximum Gasteiger partial charge on any atom is 0.263 e. The highest BCUT2D eigenvalue weighted by molar-refractivity contribution is 6.30. The molecule has 0 unspecified atom stereocenters. The molecular weight excluding hydrogens is 348 g/mol. The molecular formula is C21H19ClN2O2. The van der Waals surface area contributed by atoms with Crippen LogP contribution in [-0.4, -0.2) is 10.5 Å². The Balaban J connectivity index is 1.88. The molecule has 1 N–H and O–H groups in total. The lowest BCUT2D eigenvalue weighted by atomic mass is 10.1. The third-order valence-electron chi connectivity index (χ3n) is 4.25. The topological polar surface area (TPSA) is 51.1 Å². The van der Waals surface area contributed by atoms with Crippen molar-refractivity contribution in [3.8, 4) is 0 Å². The maximum absolute atomic E-state index is 12.7. The molecule has 0 atom stereocenters. The molecule has 4 nitrogen and oxygen atoms in total. The van der Waals surface area contributed by atoms with E-state index in [1.54, 1.807) is 30.5 Å². The van der Waals surface area contributed by atoms with Crippen molar-refractivity contribution in [2.45, 2.75) is 20.4 Å². The van der Waals surface area contributed by atoms with E-state index in [0.717, 1.165) is 22.4 Å². The van der Waals surface area contributed by atoms with Crippen LogP contribution in [0.15, 0.2) is 65.6 Å². The average Bonchev–Trinajstić information content (AvgIpc) is 2.62. The lowest BCUT2D eigenvalue weighted by Crippen LogP contribution is -2.29. The number of hydrogen-bond acceptors (Lipinski definition) is 2. The number of amides is 1. The molecule has 3 rings (SSSR count). The highest BCUT2D eigenvalue weighted by Crippen LogP contribution is 2.20. The maximum atomic E-state index is 12.7. The summed E-state index contributed by atoms with van der Waals surface area (Å²) in [5.74, 6) is -0.405. The van der Waals surface area contributed by atoms with Crippen molar-refractivity contribution in [3.05, 3.63) is 98.4 Å². The van der Waals surface area contributed by atoms with E-state index < -0.39 is 5.91 Å². The fourth-order valence-corrected chi connectivity index (χ4v) is 2.94. The van der Waals surface area contributed by atoms with Gasteiger partial charge in [-0.15, -0.1) is 0 Å². The summed E-state index contributed by atoms with van der Waals surface area (Å²) in [5.41, 5.74) is 3.37. The molecule has 1 aromatic heterocycles. The molecule has 5 heteroatoms. The first-order valence-electron chi connectivity index (χ1n) is 8.27. The molecule has 0 fully saturated rings. The zero-order valence-electron chi connectivity index (χ0n) is 14.6. The van der Waals surface area contributed by atoms with Crippen molar-refractivity contribution in [1.29, 1.82) is 0 Å². The van der Waals surface area contributed by atoms with Gasteiger partial charge in [0.25, 0.3) is 11.5 Å². The number of benzene rings is 2. The second-order valence-corrected chi connectivity index (χ2v) is 6.64. The number of hydrogen-bond donors (Lipinski definition) is 1. The van der Waals surface area contributed by atoms with E-state index >= 15 is 0 Å². The summed E-state index contributed by atoms with van der Waals surface area (Å²) in [6.07, 6.45) is 1.67. The van der Waals surface area contributed by atoms with E-state index in [4.69, 9.17) is 11.6 Å². The van der Waals surface area contributed by atoms with Crippen LogP contribution < -0.4 is 10.9 Å². The van der Waals surface area contributed by atoms with Crippen LogP contribution in [-0.2, 0) is 6.54 Å². The Labute approximate surface area is 157 Å². The summed E-state index contributed by atoms with van der Waals surface area (Å²) in [7, 11) is 0. The third kappa shape index (κ3) is 3.86. The van der Waals surface area contributed by atoms with Gasteiger partial charge < -0.3 is 9.88 Å². The second-order valence-electron chi connectivity index (χ2n) is 6.20. The van der Waals surface area contributed by atoms with Gasteiger partial charge in [-0.3, -0.25) is 9.59 Å². The number of halogens is 1. The molecule has 2 aromatic carbocycles. The molecule has 132 valence electrons. The van der Waals surface area contributed by atoms with Crippen molar-refractivity contribution in [1.82, 2.24) is 4.57 Å². The Kier molecular flexibility index (Phi) is 5.24. The number of aromatic nitrogens is 1. The van der Waals surface area contributed by atoms with Gasteiger partial charge in [-0.05, 0) is 54.8 Å². The highest BCUT2D eigenvalue weighted by atomic mass is 35.5. The number of nitrogens with zero attached hydrogens (tertiary/aromatic N) is 1. The number of carbonyl (C=O) groups excluding carboxylic acids is 1. The van der Waals surface area contributed by atoms with E-state index in [-0.39, 0.29) is 11.1 Å².